The second-order valence-corrected chi connectivity index (χ2v) is 4.40. The van der Waals surface area contributed by atoms with E-state index < -0.39 is 12.1 Å². The first-order valence-electron chi connectivity index (χ1n) is 6.25. The number of benzene rings is 1. The van der Waals surface area contributed by atoms with Crippen LogP contribution in [0.25, 0.3) is 0 Å². The van der Waals surface area contributed by atoms with Gasteiger partial charge in [-0.25, -0.2) is 0 Å². The molecule has 1 rings (SSSR count). The molecule has 4 N–H and O–H groups in total. The summed E-state index contributed by atoms with van der Waals surface area (Å²) in [5.41, 5.74) is 5.78. The summed E-state index contributed by atoms with van der Waals surface area (Å²) in [5, 5.41) is 4.81. The number of alkyl halides is 3. The van der Waals surface area contributed by atoms with Crippen molar-refractivity contribution in [3.63, 3.8) is 0 Å². The van der Waals surface area contributed by atoms with Gasteiger partial charge in [0.05, 0.1) is 0 Å². The largest absolute Gasteiger partial charge is 0.471 e. The summed E-state index contributed by atoms with van der Waals surface area (Å²) in [6.07, 6.45) is -4.06. The topological polar surface area (TPSA) is 84.2 Å². The molecule has 0 radical (unpaired) electrons. The Labute approximate surface area is 119 Å². The fraction of sp³-hybridized carbons (Fsp3) is 0.385. The van der Waals surface area contributed by atoms with Crippen LogP contribution in [0.1, 0.15) is 18.4 Å². The van der Waals surface area contributed by atoms with Gasteiger partial charge in [-0.2, -0.15) is 13.2 Å². The van der Waals surface area contributed by atoms with E-state index in [1.54, 1.807) is 17.4 Å². The summed E-state index contributed by atoms with van der Waals surface area (Å²) in [4.78, 5) is 21.3. The quantitative estimate of drug-likeness (QED) is 0.668. The average molecular weight is 303 g/mol. The Hall–Kier alpha value is -2.09. The molecule has 21 heavy (non-hydrogen) atoms. The van der Waals surface area contributed by atoms with Crippen molar-refractivity contribution >= 4 is 17.5 Å². The van der Waals surface area contributed by atoms with Crippen LogP contribution in [0, 0.1) is 0 Å². The third-order valence-electron chi connectivity index (χ3n) is 2.55. The van der Waals surface area contributed by atoms with Crippen LogP contribution >= 0.6 is 0 Å². The smallest absolute Gasteiger partial charge is 0.370 e. The van der Waals surface area contributed by atoms with Crippen LogP contribution in [0.5, 0.6) is 0 Å². The molecule has 0 heterocycles. The van der Waals surface area contributed by atoms with E-state index in [0.717, 1.165) is 0 Å². The lowest BCUT2D eigenvalue weighted by molar-refractivity contribution is -0.167. The molecule has 0 aromatic heterocycles. The minimum absolute atomic E-state index is 0.0776. The molecule has 2 amide bonds. The fourth-order valence-electron chi connectivity index (χ4n) is 1.58. The molecule has 0 saturated carbocycles. The molecule has 5 nitrogen and oxygen atoms in total. The Kier molecular flexibility index (Phi) is 6.16. The van der Waals surface area contributed by atoms with Gasteiger partial charge in [0.25, 0.3) is 0 Å². The Morgan fingerprint density at radius 1 is 1.24 bits per heavy atom. The van der Waals surface area contributed by atoms with Crippen molar-refractivity contribution in [2.24, 2.45) is 5.73 Å². The Morgan fingerprint density at radius 2 is 1.95 bits per heavy atom. The van der Waals surface area contributed by atoms with E-state index in [1.807, 2.05) is 0 Å². The molecule has 0 unspecified atom stereocenters. The number of nitrogens with two attached hydrogens (primary N) is 1. The normalized spacial score (nSPS) is 11.2. The van der Waals surface area contributed by atoms with Crippen molar-refractivity contribution in [2.75, 3.05) is 11.9 Å². The first-order valence-corrected chi connectivity index (χ1v) is 6.25. The second kappa shape index (κ2) is 7.63. The Bertz CT molecular complexity index is 504. The molecule has 1 aromatic carbocycles. The molecule has 0 aliphatic heterocycles. The van der Waals surface area contributed by atoms with Gasteiger partial charge in [-0.3, -0.25) is 9.59 Å². The summed E-state index contributed by atoms with van der Waals surface area (Å²) >= 11 is 0. The maximum atomic E-state index is 12.1. The molecule has 0 fully saturated rings. The van der Waals surface area contributed by atoms with Gasteiger partial charge in [-0.15, -0.1) is 0 Å². The van der Waals surface area contributed by atoms with E-state index >= 15 is 0 Å². The number of carbonyl (C=O) groups excluding carboxylic acids is 2. The molecule has 0 atom stereocenters. The average Bonchev–Trinajstić information content (AvgIpc) is 2.37. The lowest BCUT2D eigenvalue weighted by Crippen LogP contribution is -2.30. The molecule has 0 spiro atoms. The number of hydrogen-bond acceptors (Lipinski definition) is 3. The van der Waals surface area contributed by atoms with Crippen LogP contribution in [0.4, 0.5) is 18.9 Å². The fourth-order valence-corrected chi connectivity index (χ4v) is 1.58. The van der Waals surface area contributed by atoms with Crippen LogP contribution in [0.2, 0.25) is 0 Å². The monoisotopic (exact) mass is 303 g/mol. The highest BCUT2D eigenvalue weighted by atomic mass is 19.4. The Morgan fingerprint density at radius 3 is 2.57 bits per heavy atom. The lowest BCUT2D eigenvalue weighted by Gasteiger charge is -2.10. The van der Waals surface area contributed by atoms with Gasteiger partial charge in [0, 0.05) is 18.7 Å². The predicted molar refractivity (Wildman–Crippen MR) is 71.3 cm³/mol. The molecule has 1 aromatic rings. The van der Waals surface area contributed by atoms with Gasteiger partial charge < -0.3 is 16.4 Å². The van der Waals surface area contributed by atoms with Crippen molar-refractivity contribution < 1.29 is 22.8 Å². The molecule has 0 aliphatic rings. The standard InChI is InChI=1S/C13H16F3N3O2/c14-13(15,16)12(21)19-10-4-1-3-9(7-10)8-18-6-2-5-11(17)20/h1,3-4,7,18H,2,5-6,8H2,(H2,17,20)(H,19,21). The van der Waals surface area contributed by atoms with E-state index in [4.69, 9.17) is 5.73 Å². The van der Waals surface area contributed by atoms with Crippen molar-refractivity contribution in [1.82, 2.24) is 5.32 Å². The molecule has 0 aliphatic carbocycles. The van der Waals surface area contributed by atoms with E-state index in [2.05, 4.69) is 5.32 Å². The molecule has 0 saturated heterocycles. The van der Waals surface area contributed by atoms with Gasteiger partial charge >= 0.3 is 12.1 Å². The van der Waals surface area contributed by atoms with E-state index in [9.17, 15) is 22.8 Å². The number of rotatable bonds is 7. The van der Waals surface area contributed by atoms with Crippen molar-refractivity contribution in [3.05, 3.63) is 29.8 Å². The third kappa shape index (κ3) is 6.75. The van der Waals surface area contributed by atoms with Crippen molar-refractivity contribution in [3.8, 4) is 0 Å². The van der Waals surface area contributed by atoms with Crippen molar-refractivity contribution in [2.45, 2.75) is 25.6 Å². The van der Waals surface area contributed by atoms with E-state index in [1.165, 1.54) is 12.1 Å². The van der Waals surface area contributed by atoms with Gasteiger partial charge in [-0.1, -0.05) is 12.1 Å². The first-order chi connectivity index (χ1) is 9.79. The third-order valence-corrected chi connectivity index (χ3v) is 2.55. The van der Waals surface area contributed by atoms with Crippen LogP contribution in [-0.2, 0) is 16.1 Å². The highest BCUT2D eigenvalue weighted by Crippen LogP contribution is 2.18. The number of nitrogens with one attached hydrogen (secondary N) is 2. The number of primary amides is 1. The maximum absolute atomic E-state index is 12.1. The first kappa shape index (κ1) is 17.0. The lowest BCUT2D eigenvalue weighted by atomic mass is 10.2. The number of anilines is 1. The summed E-state index contributed by atoms with van der Waals surface area (Å²) in [7, 11) is 0. The minimum Gasteiger partial charge on any atom is -0.370 e. The van der Waals surface area contributed by atoms with Crippen molar-refractivity contribution in [1.29, 1.82) is 0 Å². The second-order valence-electron chi connectivity index (χ2n) is 4.40. The summed E-state index contributed by atoms with van der Waals surface area (Å²) in [6, 6.07) is 6.09. The highest BCUT2D eigenvalue weighted by molar-refractivity contribution is 5.94. The zero-order chi connectivity index (χ0) is 15.9. The summed E-state index contributed by atoms with van der Waals surface area (Å²) in [5.74, 6) is -2.39. The number of halogens is 3. The van der Waals surface area contributed by atoms with Crippen LogP contribution in [-0.4, -0.2) is 24.5 Å². The zero-order valence-corrected chi connectivity index (χ0v) is 11.2. The highest BCUT2D eigenvalue weighted by Gasteiger charge is 2.38. The Balaban J connectivity index is 2.45. The SMILES string of the molecule is NC(=O)CCCNCc1cccc(NC(=O)C(F)(F)F)c1. The minimum atomic E-state index is -4.91. The molecular weight excluding hydrogens is 287 g/mol. The molecule has 8 heteroatoms. The van der Waals surface area contributed by atoms with E-state index in [-0.39, 0.29) is 18.0 Å². The predicted octanol–water partition coefficient (Wildman–Crippen LogP) is 1.54. The van der Waals surface area contributed by atoms with Crippen LogP contribution in [0.15, 0.2) is 24.3 Å². The van der Waals surface area contributed by atoms with Crippen LogP contribution < -0.4 is 16.4 Å². The van der Waals surface area contributed by atoms with Gasteiger partial charge in [0.1, 0.15) is 0 Å². The van der Waals surface area contributed by atoms with Crippen LogP contribution in [0.3, 0.4) is 0 Å². The molecular formula is C13H16F3N3O2. The molecule has 0 bridgehead atoms. The summed E-state index contributed by atoms with van der Waals surface area (Å²) in [6.45, 7) is 0.969. The number of carbonyl (C=O) groups is 2. The van der Waals surface area contributed by atoms with Gasteiger partial charge in [-0.05, 0) is 30.7 Å². The molecule has 116 valence electrons. The van der Waals surface area contributed by atoms with Gasteiger partial charge in [0.2, 0.25) is 5.91 Å². The zero-order valence-electron chi connectivity index (χ0n) is 11.2. The van der Waals surface area contributed by atoms with Gasteiger partial charge in [0.15, 0.2) is 0 Å². The number of amides is 2. The maximum Gasteiger partial charge on any atom is 0.471 e. The summed E-state index contributed by atoms with van der Waals surface area (Å²) < 4.78 is 36.4. The number of hydrogen-bond donors (Lipinski definition) is 3. The van der Waals surface area contributed by atoms with E-state index in [0.29, 0.717) is 25.1 Å².